The summed E-state index contributed by atoms with van der Waals surface area (Å²) in [6.07, 6.45) is 9.41. The molecule has 0 aliphatic heterocycles. The minimum absolute atomic E-state index is 0.00914. The van der Waals surface area contributed by atoms with Gasteiger partial charge in [0.15, 0.2) is 11.6 Å². The standard InChI is InChI=1S/C69H47N5/c1-6-20-46(21-7-1)48-34-38-50(39-35-48)60-44-54(69-71-67(52-24-10-3-11-25-52)70-68(72-69)53-26-12-4-13-27-53)45-61(51-40-36-49(37-41-51)47-22-8-2-9-23-47)64(60)74-63-33-19-17-31-57(63)59-43-42-58-56-30-16-18-32-62(56)73(65(58)66(59)74)55-28-14-5-15-29-55/h1-26,28-45,53H,27H2. The highest BCUT2D eigenvalue weighted by Gasteiger charge is 2.27. The third-order valence-electron chi connectivity index (χ3n) is 14.7. The predicted molar refractivity (Wildman–Crippen MR) is 307 cm³/mol. The number of para-hydroxylation sites is 3. The number of rotatable bonds is 9. The Kier molecular flexibility index (Phi) is 10.6. The first kappa shape index (κ1) is 43.1. The Labute approximate surface area is 429 Å². The number of benzene rings is 10. The number of hydrogen-bond donors (Lipinski definition) is 0. The quantitative estimate of drug-likeness (QED) is 0.145. The van der Waals surface area contributed by atoms with Crippen LogP contribution in [0.1, 0.15) is 18.2 Å². The minimum Gasteiger partial charge on any atom is -0.307 e. The Morgan fingerprint density at radius 2 is 0.770 bits per heavy atom. The van der Waals surface area contributed by atoms with Crippen LogP contribution >= 0.6 is 0 Å². The van der Waals surface area contributed by atoms with Gasteiger partial charge in [0.25, 0.3) is 0 Å². The summed E-state index contributed by atoms with van der Waals surface area (Å²) in [5.41, 5.74) is 17.5. The number of fused-ring (bicyclic) bond motifs is 7. The second kappa shape index (κ2) is 18.2. The number of hydrogen-bond acceptors (Lipinski definition) is 3. The SMILES string of the molecule is C1=CCC(c2nc(-c3ccccc3)nc(-c3cc(-c4ccc(-c5ccccc5)cc4)c(-n4c5ccccc5c5ccc6c7ccccc7n(-c7ccccc7)c6c54)c(-c4ccc(-c5ccccc5)cc4)c3)n2)C=C1. The van der Waals surface area contributed by atoms with E-state index < -0.39 is 0 Å². The van der Waals surface area contributed by atoms with Crippen molar-refractivity contribution in [2.75, 3.05) is 0 Å². The maximum absolute atomic E-state index is 5.42. The molecule has 0 saturated carbocycles. The second-order valence-corrected chi connectivity index (χ2v) is 19.1. The molecule has 14 rings (SSSR count). The van der Waals surface area contributed by atoms with Gasteiger partial charge >= 0.3 is 0 Å². The molecule has 3 heterocycles. The van der Waals surface area contributed by atoms with Crippen LogP contribution in [0, 0.1) is 0 Å². The Morgan fingerprint density at radius 1 is 0.338 bits per heavy atom. The van der Waals surface area contributed by atoms with Crippen molar-refractivity contribution in [3.05, 3.63) is 273 Å². The average Bonchev–Trinajstić information content (AvgIpc) is 4.02. The van der Waals surface area contributed by atoms with Gasteiger partial charge in [-0.3, -0.25) is 0 Å². The van der Waals surface area contributed by atoms with Crippen LogP contribution in [0.2, 0.25) is 0 Å². The number of aromatic nitrogens is 5. The number of allylic oxidation sites excluding steroid dienone is 4. The molecular formula is C69H47N5. The van der Waals surface area contributed by atoms with Gasteiger partial charge in [-0.2, -0.15) is 0 Å². The minimum atomic E-state index is 0.00914. The van der Waals surface area contributed by atoms with E-state index in [0.29, 0.717) is 11.6 Å². The molecule has 1 aliphatic rings. The van der Waals surface area contributed by atoms with Crippen LogP contribution in [-0.4, -0.2) is 24.1 Å². The highest BCUT2D eigenvalue weighted by atomic mass is 15.1. The first-order chi connectivity index (χ1) is 36.7. The number of nitrogens with zero attached hydrogens (tertiary/aromatic N) is 5. The van der Waals surface area contributed by atoms with Crippen molar-refractivity contribution in [1.82, 2.24) is 24.1 Å². The smallest absolute Gasteiger partial charge is 0.163 e. The third kappa shape index (κ3) is 7.44. The molecule has 10 aromatic carbocycles. The van der Waals surface area contributed by atoms with Crippen molar-refractivity contribution in [3.63, 3.8) is 0 Å². The zero-order valence-corrected chi connectivity index (χ0v) is 40.4. The summed E-state index contributed by atoms with van der Waals surface area (Å²) in [6.45, 7) is 0. The Hall–Kier alpha value is -9.71. The zero-order chi connectivity index (χ0) is 49.0. The van der Waals surface area contributed by atoms with Gasteiger partial charge in [0.05, 0.1) is 27.8 Å². The molecule has 0 spiro atoms. The Balaban J connectivity index is 1.13. The highest BCUT2D eigenvalue weighted by molar-refractivity contribution is 6.24. The Morgan fingerprint density at radius 3 is 1.30 bits per heavy atom. The predicted octanol–water partition coefficient (Wildman–Crippen LogP) is 17.7. The van der Waals surface area contributed by atoms with Crippen molar-refractivity contribution in [1.29, 1.82) is 0 Å². The van der Waals surface area contributed by atoms with E-state index in [2.05, 4.69) is 258 Å². The normalized spacial score (nSPS) is 13.4. The van der Waals surface area contributed by atoms with Gasteiger partial charge in [-0.1, -0.05) is 231 Å². The van der Waals surface area contributed by atoms with Gasteiger partial charge in [-0.15, -0.1) is 0 Å². The molecule has 0 fully saturated rings. The van der Waals surface area contributed by atoms with Crippen LogP contribution in [0.15, 0.2) is 267 Å². The molecular weight excluding hydrogens is 899 g/mol. The molecule has 0 amide bonds. The molecule has 13 aromatic rings. The van der Waals surface area contributed by atoms with Gasteiger partial charge in [-0.05, 0) is 76.2 Å². The van der Waals surface area contributed by atoms with Gasteiger partial charge < -0.3 is 9.13 Å². The summed E-state index contributed by atoms with van der Waals surface area (Å²) in [5.74, 6) is 2.04. The lowest BCUT2D eigenvalue weighted by Crippen LogP contribution is -2.08. The summed E-state index contributed by atoms with van der Waals surface area (Å²) in [5, 5.41) is 4.75. The molecule has 5 nitrogen and oxygen atoms in total. The molecule has 5 heteroatoms. The maximum Gasteiger partial charge on any atom is 0.163 e. The fourth-order valence-electron chi connectivity index (χ4n) is 11.1. The molecule has 0 N–H and O–H groups in total. The highest BCUT2D eigenvalue weighted by Crippen LogP contribution is 2.47. The van der Waals surface area contributed by atoms with E-state index in [1.807, 2.05) is 18.2 Å². The van der Waals surface area contributed by atoms with Crippen LogP contribution in [0.4, 0.5) is 0 Å². The summed E-state index contributed by atoms with van der Waals surface area (Å²) >= 11 is 0. The molecule has 0 saturated heterocycles. The monoisotopic (exact) mass is 945 g/mol. The van der Waals surface area contributed by atoms with Crippen LogP contribution in [-0.2, 0) is 0 Å². The molecule has 1 aliphatic carbocycles. The van der Waals surface area contributed by atoms with Gasteiger partial charge in [0, 0.05) is 55.4 Å². The fourth-order valence-corrected chi connectivity index (χ4v) is 11.1. The molecule has 74 heavy (non-hydrogen) atoms. The van der Waals surface area contributed by atoms with Gasteiger partial charge in [0.1, 0.15) is 5.82 Å². The molecule has 0 bridgehead atoms. The first-order valence-electron chi connectivity index (χ1n) is 25.4. The van der Waals surface area contributed by atoms with Crippen LogP contribution in [0.3, 0.4) is 0 Å². The Bertz CT molecular complexity index is 4180. The van der Waals surface area contributed by atoms with Crippen molar-refractivity contribution in [2.45, 2.75) is 12.3 Å². The molecule has 0 radical (unpaired) electrons. The summed E-state index contributed by atoms with van der Waals surface area (Å²) in [6, 6.07) is 87.5. The second-order valence-electron chi connectivity index (χ2n) is 19.1. The van der Waals surface area contributed by atoms with Crippen molar-refractivity contribution in [3.8, 4) is 78.7 Å². The zero-order valence-electron chi connectivity index (χ0n) is 40.4. The molecule has 1 atom stereocenters. The van der Waals surface area contributed by atoms with Gasteiger partial charge in [-0.25, -0.2) is 15.0 Å². The van der Waals surface area contributed by atoms with Crippen molar-refractivity contribution >= 4 is 43.6 Å². The van der Waals surface area contributed by atoms with Crippen LogP contribution < -0.4 is 0 Å². The van der Waals surface area contributed by atoms with E-state index in [9.17, 15) is 0 Å². The van der Waals surface area contributed by atoms with Gasteiger partial charge in [0.2, 0.25) is 0 Å². The van der Waals surface area contributed by atoms with Crippen LogP contribution in [0.5, 0.6) is 0 Å². The van der Waals surface area contributed by atoms with E-state index in [-0.39, 0.29) is 5.92 Å². The molecule has 348 valence electrons. The van der Waals surface area contributed by atoms with E-state index >= 15 is 0 Å². The van der Waals surface area contributed by atoms with Crippen molar-refractivity contribution in [2.24, 2.45) is 0 Å². The van der Waals surface area contributed by atoms with Crippen LogP contribution in [0.25, 0.3) is 122 Å². The van der Waals surface area contributed by atoms with E-state index in [1.54, 1.807) is 0 Å². The molecule has 3 aromatic heterocycles. The summed E-state index contributed by atoms with van der Waals surface area (Å²) in [7, 11) is 0. The third-order valence-corrected chi connectivity index (χ3v) is 14.7. The molecule has 1 unspecified atom stereocenters. The maximum atomic E-state index is 5.42. The summed E-state index contributed by atoms with van der Waals surface area (Å²) in [4.78, 5) is 16.0. The van der Waals surface area contributed by atoms with E-state index in [4.69, 9.17) is 15.0 Å². The average molecular weight is 946 g/mol. The fraction of sp³-hybridized carbons (Fsp3) is 0.0290. The lowest BCUT2D eigenvalue weighted by Gasteiger charge is -2.22. The van der Waals surface area contributed by atoms with Crippen molar-refractivity contribution < 1.29 is 0 Å². The van der Waals surface area contributed by atoms with E-state index in [1.165, 1.54) is 32.7 Å². The topological polar surface area (TPSA) is 48.5 Å². The summed E-state index contributed by atoms with van der Waals surface area (Å²) < 4.78 is 5.02. The largest absolute Gasteiger partial charge is 0.307 e. The lowest BCUT2D eigenvalue weighted by atomic mass is 9.91. The van der Waals surface area contributed by atoms with E-state index in [0.717, 1.165) is 90.2 Å². The lowest BCUT2D eigenvalue weighted by molar-refractivity contribution is 0.764. The first-order valence-corrected chi connectivity index (χ1v) is 25.4.